The summed E-state index contributed by atoms with van der Waals surface area (Å²) in [5, 5.41) is 14.3. The van der Waals surface area contributed by atoms with Crippen molar-refractivity contribution in [2.45, 2.75) is 27.3 Å². The minimum Gasteiger partial charge on any atom is -0.504 e. The van der Waals surface area contributed by atoms with Crippen LogP contribution in [-0.4, -0.2) is 14.9 Å². The van der Waals surface area contributed by atoms with Gasteiger partial charge in [-0.3, -0.25) is 4.68 Å². The molecule has 1 N–H and O–H groups in total. The van der Waals surface area contributed by atoms with Crippen LogP contribution in [0.3, 0.4) is 0 Å². The topological polar surface area (TPSA) is 38.0 Å². The molecule has 0 saturated heterocycles. The third kappa shape index (κ3) is 2.67. The van der Waals surface area contributed by atoms with Crippen molar-refractivity contribution < 1.29 is 5.11 Å². The number of hydrogen-bond acceptors (Lipinski definition) is 2. The first-order chi connectivity index (χ1) is 8.06. The number of benzene rings is 1. The molecule has 0 unspecified atom stereocenters. The summed E-state index contributed by atoms with van der Waals surface area (Å²) in [7, 11) is 0. The fourth-order valence-electron chi connectivity index (χ4n) is 1.80. The molecule has 1 aromatic carbocycles. The lowest BCUT2D eigenvalue weighted by Gasteiger charge is -2.03. The van der Waals surface area contributed by atoms with Crippen LogP contribution in [0.5, 0.6) is 5.75 Å². The van der Waals surface area contributed by atoms with Gasteiger partial charge in [0.05, 0.1) is 6.20 Å². The van der Waals surface area contributed by atoms with Gasteiger partial charge in [-0.2, -0.15) is 5.10 Å². The van der Waals surface area contributed by atoms with Crippen molar-refractivity contribution >= 4 is 0 Å². The summed E-state index contributed by atoms with van der Waals surface area (Å²) in [6, 6.07) is 8.01. The molecule has 0 aliphatic heterocycles. The van der Waals surface area contributed by atoms with Crippen LogP contribution >= 0.6 is 0 Å². The molecular formula is C14H18N2O. The lowest BCUT2D eigenvalue weighted by Crippen LogP contribution is -2.04. The molecular weight excluding hydrogens is 212 g/mol. The first-order valence-electron chi connectivity index (χ1n) is 5.89. The summed E-state index contributed by atoms with van der Waals surface area (Å²) >= 11 is 0. The molecule has 0 aliphatic carbocycles. The van der Waals surface area contributed by atoms with Crippen LogP contribution in [0.4, 0.5) is 0 Å². The average Bonchev–Trinajstić information content (AvgIpc) is 2.59. The first kappa shape index (κ1) is 11.7. The minimum absolute atomic E-state index is 0.245. The summed E-state index contributed by atoms with van der Waals surface area (Å²) in [5.74, 6) is 0.759. The second-order valence-electron chi connectivity index (χ2n) is 4.84. The van der Waals surface area contributed by atoms with Gasteiger partial charge in [0.25, 0.3) is 0 Å². The number of aromatic hydroxyl groups is 1. The van der Waals surface area contributed by atoms with Crippen molar-refractivity contribution in [3.63, 3.8) is 0 Å². The number of rotatable bonds is 3. The van der Waals surface area contributed by atoms with Crippen LogP contribution in [0.25, 0.3) is 11.3 Å². The van der Waals surface area contributed by atoms with E-state index in [1.807, 2.05) is 31.2 Å². The smallest absolute Gasteiger partial charge is 0.161 e. The van der Waals surface area contributed by atoms with Gasteiger partial charge < -0.3 is 5.11 Å². The predicted molar refractivity (Wildman–Crippen MR) is 68.9 cm³/mol. The molecule has 17 heavy (non-hydrogen) atoms. The van der Waals surface area contributed by atoms with Gasteiger partial charge >= 0.3 is 0 Å². The number of nitrogens with zero attached hydrogens (tertiary/aromatic N) is 2. The second-order valence-corrected chi connectivity index (χ2v) is 4.84. The Labute approximate surface area is 102 Å². The predicted octanol–water partition coefficient (Wildman–Crippen LogP) is 3.22. The maximum Gasteiger partial charge on any atom is 0.161 e. The molecule has 3 nitrogen and oxygen atoms in total. The summed E-state index contributed by atoms with van der Waals surface area (Å²) in [6.45, 7) is 7.12. The minimum atomic E-state index is 0.245. The van der Waals surface area contributed by atoms with Crippen molar-refractivity contribution in [2.75, 3.05) is 0 Å². The van der Waals surface area contributed by atoms with Crippen LogP contribution in [-0.2, 0) is 6.54 Å². The molecule has 0 amide bonds. The molecule has 2 rings (SSSR count). The SMILES string of the molecule is Cc1ccc(-c2nn(CC(C)C)cc2O)cc1. The van der Waals surface area contributed by atoms with E-state index >= 15 is 0 Å². The van der Waals surface area contributed by atoms with Crippen molar-refractivity contribution in [1.82, 2.24) is 9.78 Å². The quantitative estimate of drug-likeness (QED) is 0.879. The van der Waals surface area contributed by atoms with Gasteiger partial charge in [-0.1, -0.05) is 43.7 Å². The summed E-state index contributed by atoms with van der Waals surface area (Å²) < 4.78 is 1.80. The molecule has 0 fully saturated rings. The number of hydrogen-bond donors (Lipinski definition) is 1. The van der Waals surface area contributed by atoms with E-state index in [0.717, 1.165) is 12.1 Å². The van der Waals surface area contributed by atoms with E-state index < -0.39 is 0 Å². The van der Waals surface area contributed by atoms with Crippen molar-refractivity contribution in [1.29, 1.82) is 0 Å². The van der Waals surface area contributed by atoms with Crippen LogP contribution in [0.15, 0.2) is 30.5 Å². The fraction of sp³-hybridized carbons (Fsp3) is 0.357. The lowest BCUT2D eigenvalue weighted by molar-refractivity contribution is 0.463. The first-order valence-corrected chi connectivity index (χ1v) is 5.89. The zero-order valence-corrected chi connectivity index (χ0v) is 10.5. The molecule has 3 heteroatoms. The van der Waals surface area contributed by atoms with Crippen LogP contribution in [0.1, 0.15) is 19.4 Å². The normalized spacial score (nSPS) is 11.1. The summed E-state index contributed by atoms with van der Waals surface area (Å²) in [4.78, 5) is 0. The van der Waals surface area contributed by atoms with Gasteiger partial charge in [0.1, 0.15) is 5.69 Å². The molecule has 2 aromatic rings. The summed E-state index contributed by atoms with van der Waals surface area (Å²) in [6.07, 6.45) is 1.69. The number of aryl methyl sites for hydroxylation is 1. The Morgan fingerprint density at radius 2 is 1.88 bits per heavy atom. The fourth-order valence-corrected chi connectivity index (χ4v) is 1.80. The molecule has 0 aliphatic rings. The van der Waals surface area contributed by atoms with Gasteiger partial charge in [-0.15, -0.1) is 0 Å². The molecule has 1 aromatic heterocycles. The van der Waals surface area contributed by atoms with Crippen LogP contribution in [0.2, 0.25) is 0 Å². The second kappa shape index (κ2) is 4.62. The van der Waals surface area contributed by atoms with Gasteiger partial charge in [0, 0.05) is 12.1 Å². The van der Waals surface area contributed by atoms with E-state index in [1.54, 1.807) is 10.9 Å². The lowest BCUT2D eigenvalue weighted by atomic mass is 10.1. The van der Waals surface area contributed by atoms with Gasteiger partial charge in [-0.05, 0) is 12.8 Å². The highest BCUT2D eigenvalue weighted by atomic mass is 16.3. The van der Waals surface area contributed by atoms with Crippen molar-refractivity contribution in [3.8, 4) is 17.0 Å². The Morgan fingerprint density at radius 1 is 1.24 bits per heavy atom. The Bertz CT molecular complexity index is 497. The summed E-state index contributed by atoms with van der Waals surface area (Å²) in [5.41, 5.74) is 2.82. The highest BCUT2D eigenvalue weighted by Crippen LogP contribution is 2.27. The Kier molecular flexibility index (Phi) is 3.18. The van der Waals surface area contributed by atoms with E-state index in [2.05, 4.69) is 18.9 Å². The highest BCUT2D eigenvalue weighted by molar-refractivity contribution is 5.65. The highest BCUT2D eigenvalue weighted by Gasteiger charge is 2.10. The number of aromatic nitrogens is 2. The Balaban J connectivity index is 2.32. The maximum absolute atomic E-state index is 9.88. The maximum atomic E-state index is 9.88. The van der Waals surface area contributed by atoms with E-state index in [4.69, 9.17) is 0 Å². The Morgan fingerprint density at radius 3 is 2.47 bits per heavy atom. The van der Waals surface area contributed by atoms with Crippen LogP contribution < -0.4 is 0 Å². The molecule has 0 spiro atoms. The molecule has 90 valence electrons. The zero-order valence-electron chi connectivity index (χ0n) is 10.5. The largest absolute Gasteiger partial charge is 0.504 e. The molecule has 0 bridgehead atoms. The van der Waals surface area contributed by atoms with E-state index in [-0.39, 0.29) is 5.75 Å². The van der Waals surface area contributed by atoms with Crippen LogP contribution in [0, 0.1) is 12.8 Å². The van der Waals surface area contributed by atoms with Gasteiger partial charge in [0.2, 0.25) is 0 Å². The van der Waals surface area contributed by atoms with E-state index in [0.29, 0.717) is 11.6 Å². The van der Waals surface area contributed by atoms with Crippen molar-refractivity contribution in [2.24, 2.45) is 5.92 Å². The van der Waals surface area contributed by atoms with Gasteiger partial charge in [-0.25, -0.2) is 0 Å². The zero-order chi connectivity index (χ0) is 12.4. The van der Waals surface area contributed by atoms with Gasteiger partial charge in [0.15, 0.2) is 5.75 Å². The molecule has 0 atom stereocenters. The third-order valence-corrected chi connectivity index (χ3v) is 2.62. The average molecular weight is 230 g/mol. The Hall–Kier alpha value is -1.77. The third-order valence-electron chi connectivity index (χ3n) is 2.62. The standard InChI is InChI=1S/C14H18N2O/c1-10(2)8-16-9-13(17)14(15-16)12-6-4-11(3)5-7-12/h4-7,9-10,17H,8H2,1-3H3. The van der Waals surface area contributed by atoms with E-state index in [1.165, 1.54) is 5.56 Å². The van der Waals surface area contributed by atoms with E-state index in [9.17, 15) is 5.11 Å². The molecule has 0 saturated carbocycles. The van der Waals surface area contributed by atoms with Crippen molar-refractivity contribution in [3.05, 3.63) is 36.0 Å². The monoisotopic (exact) mass is 230 g/mol. The molecule has 1 heterocycles. The molecule has 0 radical (unpaired) electrons.